The van der Waals surface area contributed by atoms with Crippen LogP contribution in [0.1, 0.15) is 104 Å². The van der Waals surface area contributed by atoms with Crippen LogP contribution in [0.25, 0.3) is 0 Å². The summed E-state index contributed by atoms with van der Waals surface area (Å²) in [5.74, 6) is 0.891. The Balaban J connectivity index is 0.00000576. The van der Waals surface area contributed by atoms with Crippen LogP contribution in [0.3, 0.4) is 0 Å². The van der Waals surface area contributed by atoms with Gasteiger partial charge >= 0.3 is 0 Å². The zero-order valence-corrected chi connectivity index (χ0v) is 17.9. The first-order valence-electron chi connectivity index (χ1n) is 10.7. The number of hydrogen-bond donors (Lipinski definition) is 0. The summed E-state index contributed by atoms with van der Waals surface area (Å²) in [6, 6.07) is 0. The van der Waals surface area contributed by atoms with Gasteiger partial charge in [-0.05, 0) is 18.8 Å². The maximum Gasteiger partial charge on any atom is 0.243 e. The molecule has 0 bridgehead atoms. The van der Waals surface area contributed by atoms with Gasteiger partial charge in [-0.1, -0.05) is 90.9 Å². The van der Waals surface area contributed by atoms with Gasteiger partial charge in [-0.2, -0.15) is 0 Å². The lowest BCUT2D eigenvalue weighted by atomic mass is 10.0. The summed E-state index contributed by atoms with van der Waals surface area (Å²) in [6.45, 7) is 5.85. The number of aryl methyl sites for hydroxylation is 2. The third-order valence-corrected chi connectivity index (χ3v) is 5.02. The highest BCUT2D eigenvalue weighted by Crippen LogP contribution is 2.14. The van der Waals surface area contributed by atoms with Crippen molar-refractivity contribution in [3.63, 3.8) is 0 Å². The van der Waals surface area contributed by atoms with E-state index < -0.39 is 0 Å². The van der Waals surface area contributed by atoms with Crippen molar-refractivity contribution >= 4 is 0 Å². The molecule has 0 saturated heterocycles. The highest BCUT2D eigenvalue weighted by molar-refractivity contribution is 4.65. The van der Waals surface area contributed by atoms with Crippen LogP contribution < -0.4 is 17.0 Å². The zero-order chi connectivity index (χ0) is 17.5. The Labute approximate surface area is 163 Å². The maximum absolute atomic E-state index is 2.34. The van der Waals surface area contributed by atoms with Gasteiger partial charge in [0.25, 0.3) is 0 Å². The lowest BCUT2D eigenvalue weighted by Crippen LogP contribution is -3.00. The van der Waals surface area contributed by atoms with Crippen LogP contribution in [0.2, 0.25) is 0 Å². The average Bonchev–Trinajstić information content (AvgIpc) is 2.96. The number of imidazole rings is 1. The molecular formula is C22H43ClN2. The molecule has 0 aliphatic heterocycles. The first-order valence-corrected chi connectivity index (χ1v) is 10.7. The molecule has 0 saturated carbocycles. The third kappa shape index (κ3) is 15.5. The van der Waals surface area contributed by atoms with E-state index in [1.165, 1.54) is 96.4 Å². The van der Waals surface area contributed by atoms with E-state index in [0.29, 0.717) is 0 Å². The summed E-state index contributed by atoms with van der Waals surface area (Å²) in [5, 5.41) is 0. The van der Waals surface area contributed by atoms with Crippen molar-refractivity contribution in [1.82, 2.24) is 4.57 Å². The van der Waals surface area contributed by atoms with Gasteiger partial charge in [0.15, 0.2) is 0 Å². The van der Waals surface area contributed by atoms with Crippen molar-refractivity contribution in [2.24, 2.45) is 13.0 Å². The van der Waals surface area contributed by atoms with Gasteiger partial charge in [0.2, 0.25) is 6.33 Å². The molecule has 0 spiro atoms. The molecule has 3 heteroatoms. The number of aromatic nitrogens is 2. The van der Waals surface area contributed by atoms with Crippen molar-refractivity contribution in [1.29, 1.82) is 0 Å². The average molecular weight is 371 g/mol. The second-order valence-corrected chi connectivity index (χ2v) is 8.10. The molecule has 25 heavy (non-hydrogen) atoms. The van der Waals surface area contributed by atoms with Crippen LogP contribution in [-0.4, -0.2) is 4.57 Å². The minimum Gasteiger partial charge on any atom is -1.00 e. The van der Waals surface area contributed by atoms with E-state index in [1.54, 1.807) is 0 Å². The molecule has 0 aromatic carbocycles. The molecule has 0 unspecified atom stereocenters. The fourth-order valence-electron chi connectivity index (χ4n) is 3.43. The Morgan fingerprint density at radius 2 is 1.16 bits per heavy atom. The Morgan fingerprint density at radius 3 is 1.56 bits per heavy atom. The van der Waals surface area contributed by atoms with Crippen molar-refractivity contribution in [3.8, 4) is 0 Å². The monoisotopic (exact) mass is 370 g/mol. The topological polar surface area (TPSA) is 8.81 Å². The highest BCUT2D eigenvalue weighted by Gasteiger charge is 1.99. The molecule has 2 nitrogen and oxygen atoms in total. The van der Waals surface area contributed by atoms with Crippen molar-refractivity contribution < 1.29 is 17.0 Å². The largest absolute Gasteiger partial charge is 1.00 e. The van der Waals surface area contributed by atoms with Crippen LogP contribution in [0.4, 0.5) is 0 Å². The molecule has 0 aliphatic rings. The summed E-state index contributed by atoms with van der Waals surface area (Å²) >= 11 is 0. The Kier molecular flexibility index (Phi) is 16.6. The number of halogens is 1. The molecule has 0 amide bonds. The van der Waals surface area contributed by atoms with Gasteiger partial charge in [0.05, 0.1) is 13.6 Å². The standard InChI is InChI=1S/C22H43N2.ClH/c1-22(2)17-15-13-11-9-7-5-4-6-8-10-12-14-16-18-24-20-19-23(3)21-24;/h19-22H,4-18H2,1-3H3;1H/q+1;/p-1. The summed E-state index contributed by atoms with van der Waals surface area (Å²) in [6.07, 6.45) is 26.6. The molecule has 0 atom stereocenters. The lowest BCUT2D eigenvalue weighted by Gasteiger charge is -2.05. The summed E-state index contributed by atoms with van der Waals surface area (Å²) < 4.78 is 4.41. The summed E-state index contributed by atoms with van der Waals surface area (Å²) in [7, 11) is 2.09. The van der Waals surface area contributed by atoms with E-state index in [1.807, 2.05) is 0 Å². The molecular weight excluding hydrogens is 328 g/mol. The van der Waals surface area contributed by atoms with Crippen LogP contribution in [-0.2, 0) is 13.6 Å². The number of nitrogens with zero attached hydrogens (tertiary/aromatic N) is 2. The van der Waals surface area contributed by atoms with Gasteiger partial charge in [-0.25, -0.2) is 9.13 Å². The maximum atomic E-state index is 2.34. The minimum absolute atomic E-state index is 0. The van der Waals surface area contributed by atoms with E-state index in [2.05, 4.69) is 48.8 Å². The fraction of sp³-hybridized carbons (Fsp3) is 0.864. The van der Waals surface area contributed by atoms with E-state index >= 15 is 0 Å². The Hall–Kier alpha value is -0.500. The Morgan fingerprint density at radius 1 is 0.720 bits per heavy atom. The predicted octanol–water partition coefficient (Wildman–Crippen LogP) is 3.43. The summed E-state index contributed by atoms with van der Waals surface area (Å²) in [5.41, 5.74) is 0. The number of rotatable bonds is 16. The smallest absolute Gasteiger partial charge is 0.243 e. The van der Waals surface area contributed by atoms with Crippen molar-refractivity contribution in [3.05, 3.63) is 18.7 Å². The Bertz CT molecular complexity index is 387. The quantitative estimate of drug-likeness (QED) is 0.311. The molecule has 1 aromatic heterocycles. The van der Waals surface area contributed by atoms with E-state index in [-0.39, 0.29) is 12.4 Å². The molecule has 1 heterocycles. The van der Waals surface area contributed by atoms with Crippen LogP contribution in [0.15, 0.2) is 18.7 Å². The molecule has 0 radical (unpaired) electrons. The van der Waals surface area contributed by atoms with E-state index in [9.17, 15) is 0 Å². The van der Waals surface area contributed by atoms with Crippen molar-refractivity contribution in [2.45, 2.75) is 110 Å². The normalized spacial score (nSPS) is 11.0. The van der Waals surface area contributed by atoms with Crippen molar-refractivity contribution in [2.75, 3.05) is 0 Å². The third-order valence-electron chi connectivity index (χ3n) is 5.02. The molecule has 0 fully saturated rings. The lowest BCUT2D eigenvalue weighted by molar-refractivity contribution is -0.671. The molecule has 1 aromatic rings. The molecule has 0 N–H and O–H groups in total. The minimum atomic E-state index is 0. The van der Waals surface area contributed by atoms with E-state index in [4.69, 9.17) is 0 Å². The van der Waals surface area contributed by atoms with Gasteiger partial charge in [-0.3, -0.25) is 0 Å². The van der Waals surface area contributed by atoms with E-state index in [0.717, 1.165) is 5.92 Å². The molecule has 148 valence electrons. The fourth-order valence-corrected chi connectivity index (χ4v) is 3.43. The molecule has 0 aliphatic carbocycles. The van der Waals surface area contributed by atoms with Crippen LogP contribution in [0, 0.1) is 5.92 Å². The van der Waals surface area contributed by atoms with Gasteiger partial charge in [0, 0.05) is 0 Å². The second-order valence-electron chi connectivity index (χ2n) is 8.10. The zero-order valence-electron chi connectivity index (χ0n) is 17.2. The number of unbranched alkanes of at least 4 members (excludes halogenated alkanes) is 12. The predicted molar refractivity (Wildman–Crippen MR) is 105 cm³/mol. The second kappa shape index (κ2) is 16.9. The first-order chi connectivity index (χ1) is 11.7. The van der Waals surface area contributed by atoms with Crippen LogP contribution >= 0.6 is 0 Å². The molecule has 1 rings (SSSR count). The highest BCUT2D eigenvalue weighted by atomic mass is 35.5. The SMILES string of the molecule is CC(C)CCCCCCCCCCCCCCCn1cc[n+](C)c1.[Cl-]. The van der Waals surface area contributed by atoms with Gasteiger partial charge in [-0.15, -0.1) is 0 Å². The number of hydrogen-bond acceptors (Lipinski definition) is 0. The summed E-state index contributed by atoms with van der Waals surface area (Å²) in [4.78, 5) is 0. The van der Waals surface area contributed by atoms with Gasteiger partial charge < -0.3 is 12.4 Å². The van der Waals surface area contributed by atoms with Gasteiger partial charge in [0.1, 0.15) is 12.4 Å². The first kappa shape index (κ1) is 24.5. The van der Waals surface area contributed by atoms with Crippen LogP contribution in [0.5, 0.6) is 0 Å².